The smallest absolute Gasteiger partial charge is 0.248 e. The maximum absolute atomic E-state index is 14.5. The standard InChI is InChI=1S/C33H46BrN3O6/c1-5-9-10-19-35(17-6-2)32(41)29-33-22-25(34)28(43-33)26(27(33)31(40)37(29)20-11-12-21-38)30(39)36(18-7-3)23-13-15-24(16-14-23)42-8-4/h6-7,13-16,25-29,38H,2-3,5,8-12,17-22H2,1,4H3/t25?,26-,27-,28-,29?,33?/m0/s1. The van der Waals surface area contributed by atoms with Crippen LogP contribution in [-0.2, 0) is 19.1 Å². The Hall–Kier alpha value is -2.69. The van der Waals surface area contributed by atoms with Crippen LogP contribution in [0.2, 0.25) is 0 Å². The summed E-state index contributed by atoms with van der Waals surface area (Å²) < 4.78 is 12.3. The third-order valence-electron chi connectivity index (χ3n) is 8.85. The number of carbonyl (C=O) groups excluding carboxylic acids is 3. The number of ether oxygens (including phenoxy) is 2. The van der Waals surface area contributed by atoms with E-state index in [0.717, 1.165) is 19.3 Å². The first-order chi connectivity index (χ1) is 20.8. The van der Waals surface area contributed by atoms with Crippen molar-refractivity contribution in [1.29, 1.82) is 0 Å². The Balaban J connectivity index is 1.72. The molecule has 0 aromatic heterocycles. The van der Waals surface area contributed by atoms with Gasteiger partial charge in [-0.2, -0.15) is 0 Å². The number of fused-ring (bicyclic) bond motifs is 1. The number of unbranched alkanes of at least 4 members (excludes halogenated alkanes) is 3. The summed E-state index contributed by atoms with van der Waals surface area (Å²) in [5.41, 5.74) is -0.461. The second kappa shape index (κ2) is 14.9. The average molecular weight is 661 g/mol. The molecule has 0 radical (unpaired) electrons. The Morgan fingerprint density at radius 2 is 1.84 bits per heavy atom. The number of anilines is 1. The van der Waals surface area contributed by atoms with Gasteiger partial charge in [0, 0.05) is 43.3 Å². The molecule has 3 aliphatic rings. The monoisotopic (exact) mass is 659 g/mol. The van der Waals surface area contributed by atoms with Crippen LogP contribution in [-0.4, -0.2) is 94.6 Å². The number of amides is 3. The Kier molecular flexibility index (Phi) is 11.5. The van der Waals surface area contributed by atoms with Crippen molar-refractivity contribution < 1.29 is 29.0 Å². The minimum absolute atomic E-state index is 0.00339. The zero-order valence-electron chi connectivity index (χ0n) is 25.5. The van der Waals surface area contributed by atoms with E-state index in [0.29, 0.717) is 56.9 Å². The van der Waals surface area contributed by atoms with E-state index in [-0.39, 0.29) is 35.7 Å². The van der Waals surface area contributed by atoms with Crippen molar-refractivity contribution in [3.05, 3.63) is 49.6 Å². The van der Waals surface area contributed by atoms with Crippen LogP contribution < -0.4 is 9.64 Å². The van der Waals surface area contributed by atoms with Gasteiger partial charge >= 0.3 is 0 Å². The van der Waals surface area contributed by atoms with Gasteiger partial charge in [-0.1, -0.05) is 47.8 Å². The van der Waals surface area contributed by atoms with Crippen molar-refractivity contribution in [2.45, 2.75) is 74.9 Å². The van der Waals surface area contributed by atoms with E-state index in [1.807, 2.05) is 31.2 Å². The molecular formula is C33H46BrN3O6. The summed E-state index contributed by atoms with van der Waals surface area (Å²) in [5, 5.41) is 9.45. The number of aliphatic hydroxyl groups is 1. The molecule has 3 amide bonds. The number of hydrogen-bond acceptors (Lipinski definition) is 6. The predicted octanol–water partition coefficient (Wildman–Crippen LogP) is 4.33. The van der Waals surface area contributed by atoms with Gasteiger partial charge in [-0.3, -0.25) is 14.4 Å². The van der Waals surface area contributed by atoms with Crippen molar-refractivity contribution in [2.75, 3.05) is 44.3 Å². The van der Waals surface area contributed by atoms with Gasteiger partial charge in [-0.15, -0.1) is 13.2 Å². The minimum Gasteiger partial charge on any atom is -0.494 e. The molecule has 1 aromatic rings. The summed E-state index contributed by atoms with van der Waals surface area (Å²) in [7, 11) is 0. The molecule has 9 nitrogen and oxygen atoms in total. The first-order valence-electron chi connectivity index (χ1n) is 15.6. The van der Waals surface area contributed by atoms with E-state index in [9.17, 15) is 19.5 Å². The minimum atomic E-state index is -1.13. The molecule has 1 N–H and O–H groups in total. The first kappa shape index (κ1) is 33.2. The fourth-order valence-electron chi connectivity index (χ4n) is 7.02. The average Bonchev–Trinajstić information content (AvgIpc) is 3.59. The zero-order chi connectivity index (χ0) is 31.1. The fraction of sp³-hybridized carbons (Fsp3) is 0.606. The summed E-state index contributed by atoms with van der Waals surface area (Å²) in [6.45, 7) is 13.8. The van der Waals surface area contributed by atoms with Gasteiger partial charge in [0.25, 0.3) is 0 Å². The van der Waals surface area contributed by atoms with Crippen LogP contribution in [0.3, 0.4) is 0 Å². The molecule has 43 heavy (non-hydrogen) atoms. The van der Waals surface area contributed by atoms with Gasteiger partial charge in [0.2, 0.25) is 17.7 Å². The van der Waals surface area contributed by atoms with Gasteiger partial charge < -0.3 is 29.3 Å². The van der Waals surface area contributed by atoms with E-state index >= 15 is 0 Å². The van der Waals surface area contributed by atoms with E-state index in [4.69, 9.17) is 9.47 Å². The zero-order valence-corrected chi connectivity index (χ0v) is 27.0. The van der Waals surface area contributed by atoms with Gasteiger partial charge in [0.1, 0.15) is 17.4 Å². The summed E-state index contributed by atoms with van der Waals surface area (Å²) in [4.78, 5) is 48.0. The van der Waals surface area contributed by atoms with Gasteiger partial charge in [0.05, 0.1) is 24.5 Å². The number of carbonyl (C=O) groups is 3. The number of rotatable bonds is 17. The van der Waals surface area contributed by atoms with Crippen molar-refractivity contribution in [1.82, 2.24) is 9.80 Å². The van der Waals surface area contributed by atoms with Crippen LogP contribution in [0.4, 0.5) is 5.69 Å². The molecule has 10 heteroatoms. The lowest BCUT2D eigenvalue weighted by Crippen LogP contribution is -2.57. The number of aliphatic hydroxyl groups excluding tert-OH is 1. The highest BCUT2D eigenvalue weighted by Gasteiger charge is 2.76. The van der Waals surface area contributed by atoms with E-state index in [2.05, 4.69) is 36.0 Å². The molecule has 3 unspecified atom stereocenters. The third-order valence-corrected chi connectivity index (χ3v) is 9.69. The lowest BCUT2D eigenvalue weighted by Gasteiger charge is -2.37. The molecule has 3 heterocycles. The number of halogens is 1. The van der Waals surface area contributed by atoms with Crippen LogP contribution in [0.25, 0.3) is 0 Å². The maximum atomic E-state index is 14.5. The molecular weight excluding hydrogens is 614 g/mol. The fourth-order valence-corrected chi connectivity index (χ4v) is 7.96. The third kappa shape index (κ3) is 6.42. The highest BCUT2D eigenvalue weighted by molar-refractivity contribution is 9.09. The van der Waals surface area contributed by atoms with E-state index < -0.39 is 29.6 Å². The lowest BCUT2D eigenvalue weighted by molar-refractivity contribution is -0.147. The molecule has 2 bridgehead atoms. The normalized spacial score (nSPS) is 27.2. The Morgan fingerprint density at radius 3 is 2.47 bits per heavy atom. The Morgan fingerprint density at radius 1 is 1.12 bits per heavy atom. The Bertz CT molecular complexity index is 1160. The molecule has 4 rings (SSSR count). The lowest BCUT2D eigenvalue weighted by atomic mass is 9.70. The molecule has 0 aliphatic carbocycles. The summed E-state index contributed by atoms with van der Waals surface area (Å²) in [6.07, 6.45) is 7.18. The molecule has 1 aromatic carbocycles. The van der Waals surface area contributed by atoms with Crippen LogP contribution in [0.5, 0.6) is 5.75 Å². The van der Waals surface area contributed by atoms with E-state index in [1.165, 1.54) is 0 Å². The first-order valence-corrected chi connectivity index (χ1v) is 16.5. The molecule has 6 atom stereocenters. The summed E-state index contributed by atoms with van der Waals surface area (Å²) in [6, 6.07) is 6.44. The number of likely N-dealkylation sites (tertiary alicyclic amines) is 1. The molecule has 236 valence electrons. The predicted molar refractivity (Wildman–Crippen MR) is 170 cm³/mol. The Labute approximate surface area is 264 Å². The maximum Gasteiger partial charge on any atom is 0.248 e. The number of nitrogens with zero attached hydrogens (tertiary/aromatic N) is 3. The van der Waals surface area contributed by atoms with Crippen LogP contribution in [0, 0.1) is 11.8 Å². The summed E-state index contributed by atoms with van der Waals surface area (Å²) in [5.74, 6) is -1.49. The number of alkyl halides is 1. The van der Waals surface area contributed by atoms with Crippen molar-refractivity contribution >= 4 is 39.3 Å². The molecule has 1 spiro atoms. The summed E-state index contributed by atoms with van der Waals surface area (Å²) >= 11 is 3.77. The van der Waals surface area contributed by atoms with Crippen molar-refractivity contribution in [3.8, 4) is 5.75 Å². The molecule has 3 saturated heterocycles. The SMILES string of the molecule is C=CCN(CCCCC)C(=O)C1N(CCCCO)C(=O)[C@@H]2[C@H](C(=O)N(CC=C)c3ccc(OCC)cc3)[C@H]3OC12CC3Br. The van der Waals surface area contributed by atoms with Crippen molar-refractivity contribution in [3.63, 3.8) is 0 Å². The largest absolute Gasteiger partial charge is 0.494 e. The van der Waals surface area contributed by atoms with Crippen molar-refractivity contribution in [2.24, 2.45) is 11.8 Å². The quantitative estimate of drug-likeness (QED) is 0.152. The van der Waals surface area contributed by atoms with Crippen LogP contribution in [0.1, 0.15) is 52.4 Å². The van der Waals surface area contributed by atoms with E-state index in [1.54, 1.807) is 26.9 Å². The highest BCUT2D eigenvalue weighted by Crippen LogP contribution is 2.60. The second-order valence-corrected chi connectivity index (χ2v) is 12.7. The molecule has 3 fully saturated rings. The molecule has 0 saturated carbocycles. The van der Waals surface area contributed by atoms with Gasteiger partial charge in [0.15, 0.2) is 0 Å². The highest BCUT2D eigenvalue weighted by atomic mass is 79.9. The number of hydrogen-bond donors (Lipinski definition) is 1. The second-order valence-electron chi connectivity index (χ2n) is 11.6. The topological polar surface area (TPSA) is 99.6 Å². The van der Waals surface area contributed by atoms with Gasteiger partial charge in [-0.25, -0.2) is 0 Å². The van der Waals surface area contributed by atoms with Gasteiger partial charge in [-0.05, 0) is 56.9 Å². The van der Waals surface area contributed by atoms with Crippen LogP contribution in [0.15, 0.2) is 49.6 Å². The molecule has 3 aliphatic heterocycles. The van der Waals surface area contributed by atoms with Crippen LogP contribution >= 0.6 is 15.9 Å². The number of benzene rings is 1.